The van der Waals surface area contributed by atoms with Gasteiger partial charge in [0.1, 0.15) is 6.61 Å². The first kappa shape index (κ1) is 18.0. The molecule has 1 aromatic carbocycles. The summed E-state index contributed by atoms with van der Waals surface area (Å²) in [6.07, 6.45) is 4.20. The molecule has 3 rings (SSSR count). The summed E-state index contributed by atoms with van der Waals surface area (Å²) in [5.41, 5.74) is 1.70. The first-order chi connectivity index (χ1) is 12.1. The molecule has 1 saturated heterocycles. The number of hydrogen-bond acceptors (Lipinski definition) is 5. The summed E-state index contributed by atoms with van der Waals surface area (Å²) in [4.78, 5) is 16.3. The van der Waals surface area contributed by atoms with E-state index in [1.165, 1.54) is 0 Å². The van der Waals surface area contributed by atoms with E-state index in [9.17, 15) is 14.8 Å². The predicted octanol–water partition coefficient (Wildman–Crippen LogP) is 1.43. The zero-order valence-corrected chi connectivity index (χ0v) is 14.4. The first-order valence-corrected chi connectivity index (χ1v) is 8.88. The average molecular weight is 344 g/mol. The molecule has 2 aliphatic rings. The molecule has 2 N–H and O–H groups in total. The molecular weight excluding hydrogens is 319 g/mol. The van der Waals surface area contributed by atoms with Crippen molar-refractivity contribution in [2.75, 3.05) is 26.2 Å². The van der Waals surface area contributed by atoms with E-state index >= 15 is 0 Å². The Kier molecular flexibility index (Phi) is 6.12. The van der Waals surface area contributed by atoms with Crippen molar-refractivity contribution in [1.29, 1.82) is 0 Å². The van der Waals surface area contributed by atoms with Crippen LogP contribution in [0.4, 0.5) is 4.79 Å². The summed E-state index contributed by atoms with van der Waals surface area (Å²) in [7, 11) is -1.33. The predicted molar refractivity (Wildman–Crippen MR) is 95.7 cm³/mol. The molecule has 7 heteroatoms. The van der Waals surface area contributed by atoms with Gasteiger partial charge in [-0.2, -0.15) is 0 Å². The van der Waals surface area contributed by atoms with Crippen LogP contribution in [-0.4, -0.2) is 65.3 Å². The van der Waals surface area contributed by atoms with Gasteiger partial charge in [0.05, 0.1) is 0 Å². The molecule has 0 aromatic heterocycles. The topological polar surface area (TPSA) is 73.2 Å². The Morgan fingerprint density at radius 2 is 1.88 bits per heavy atom. The van der Waals surface area contributed by atoms with Crippen molar-refractivity contribution >= 4 is 13.2 Å². The van der Waals surface area contributed by atoms with E-state index in [-0.39, 0.29) is 6.09 Å². The smallest absolute Gasteiger partial charge is 0.445 e. The molecule has 0 spiro atoms. The molecule has 1 aromatic rings. The number of hydrogen-bond donors (Lipinski definition) is 2. The van der Waals surface area contributed by atoms with Crippen molar-refractivity contribution in [2.24, 2.45) is 0 Å². The summed E-state index contributed by atoms with van der Waals surface area (Å²) < 4.78 is 5.40. The fourth-order valence-corrected chi connectivity index (χ4v) is 3.49. The van der Waals surface area contributed by atoms with Crippen LogP contribution in [0, 0.1) is 0 Å². The Morgan fingerprint density at radius 1 is 1.16 bits per heavy atom. The molecule has 1 amide bonds. The molecule has 6 nitrogen and oxygen atoms in total. The van der Waals surface area contributed by atoms with E-state index in [0.29, 0.717) is 37.6 Å². The highest BCUT2D eigenvalue weighted by atomic mass is 16.6. The largest absolute Gasteiger partial charge is 0.483 e. The zero-order chi connectivity index (χ0) is 17.6. The second-order valence-corrected chi connectivity index (χ2v) is 6.66. The second-order valence-electron chi connectivity index (χ2n) is 6.66. The summed E-state index contributed by atoms with van der Waals surface area (Å²) in [6, 6.07) is 10.1. The number of carbonyl (C=O) groups is 1. The van der Waals surface area contributed by atoms with Gasteiger partial charge < -0.3 is 19.7 Å². The lowest BCUT2D eigenvalue weighted by Crippen LogP contribution is -2.48. The van der Waals surface area contributed by atoms with E-state index < -0.39 is 7.12 Å². The lowest BCUT2D eigenvalue weighted by molar-refractivity contribution is 0.0696. The van der Waals surface area contributed by atoms with Gasteiger partial charge in [-0.3, -0.25) is 4.90 Å². The van der Waals surface area contributed by atoms with Gasteiger partial charge in [0, 0.05) is 32.2 Å². The minimum absolute atomic E-state index is 0.244. The van der Waals surface area contributed by atoms with E-state index in [2.05, 4.69) is 4.90 Å². The Morgan fingerprint density at radius 3 is 2.48 bits per heavy atom. The number of amides is 1. The minimum atomic E-state index is -1.33. The highest BCUT2D eigenvalue weighted by molar-refractivity contribution is 6.50. The summed E-state index contributed by atoms with van der Waals surface area (Å²) in [5, 5.41) is 18.4. The molecule has 0 atom stereocenters. The summed E-state index contributed by atoms with van der Waals surface area (Å²) in [5.74, 6) is 0. The molecule has 0 bridgehead atoms. The van der Waals surface area contributed by atoms with Crippen LogP contribution in [0.25, 0.3) is 0 Å². The van der Waals surface area contributed by atoms with Gasteiger partial charge in [-0.1, -0.05) is 36.4 Å². The average Bonchev–Trinajstić information content (AvgIpc) is 2.67. The van der Waals surface area contributed by atoms with Crippen molar-refractivity contribution in [1.82, 2.24) is 9.80 Å². The third-order valence-electron chi connectivity index (χ3n) is 5.05. The lowest BCUT2D eigenvalue weighted by atomic mass is 9.75. The highest BCUT2D eigenvalue weighted by Crippen LogP contribution is 2.21. The highest BCUT2D eigenvalue weighted by Gasteiger charge is 2.29. The van der Waals surface area contributed by atoms with Crippen molar-refractivity contribution in [3.63, 3.8) is 0 Å². The third-order valence-corrected chi connectivity index (χ3v) is 5.05. The first-order valence-electron chi connectivity index (χ1n) is 8.88. The Labute approximate surface area is 148 Å². The molecule has 25 heavy (non-hydrogen) atoms. The van der Waals surface area contributed by atoms with E-state index in [0.717, 1.165) is 31.5 Å². The van der Waals surface area contributed by atoms with Gasteiger partial charge in [-0.05, 0) is 30.3 Å². The minimum Gasteiger partial charge on any atom is -0.445 e. The summed E-state index contributed by atoms with van der Waals surface area (Å²) in [6.45, 7) is 3.30. The van der Waals surface area contributed by atoms with Gasteiger partial charge in [-0.25, -0.2) is 4.79 Å². The second kappa shape index (κ2) is 8.51. The number of rotatable bonds is 4. The van der Waals surface area contributed by atoms with Crippen molar-refractivity contribution < 1.29 is 19.6 Å². The van der Waals surface area contributed by atoms with Crippen LogP contribution >= 0.6 is 0 Å². The number of piperidine rings is 1. The Hall–Kier alpha value is -1.83. The van der Waals surface area contributed by atoms with E-state index in [1.807, 2.05) is 36.4 Å². The third kappa shape index (κ3) is 4.84. The van der Waals surface area contributed by atoms with Crippen LogP contribution in [0.3, 0.4) is 0 Å². The van der Waals surface area contributed by atoms with Gasteiger partial charge in [0.15, 0.2) is 0 Å². The Balaban J connectivity index is 1.42. The van der Waals surface area contributed by atoms with Crippen LogP contribution in [0.15, 0.2) is 41.9 Å². The number of likely N-dealkylation sites (tertiary alicyclic amines) is 1. The molecule has 0 unspecified atom stereocenters. The van der Waals surface area contributed by atoms with Gasteiger partial charge in [0.25, 0.3) is 0 Å². The molecule has 0 saturated carbocycles. The molecule has 0 aliphatic carbocycles. The quantitative estimate of drug-likeness (QED) is 0.809. The van der Waals surface area contributed by atoms with Crippen LogP contribution in [-0.2, 0) is 11.3 Å². The maximum absolute atomic E-state index is 12.2. The lowest BCUT2D eigenvalue weighted by Gasteiger charge is -2.39. The fraction of sp³-hybridized carbons (Fsp3) is 0.500. The van der Waals surface area contributed by atoms with Crippen molar-refractivity contribution in [3.8, 4) is 0 Å². The normalized spacial score (nSPS) is 19.4. The van der Waals surface area contributed by atoms with E-state index in [4.69, 9.17) is 4.74 Å². The van der Waals surface area contributed by atoms with Crippen LogP contribution in [0.1, 0.15) is 24.8 Å². The fourth-order valence-electron chi connectivity index (χ4n) is 3.49. The molecule has 2 aliphatic heterocycles. The molecule has 2 heterocycles. The van der Waals surface area contributed by atoms with Gasteiger partial charge >= 0.3 is 13.2 Å². The number of benzene rings is 1. The van der Waals surface area contributed by atoms with E-state index in [1.54, 1.807) is 4.90 Å². The summed E-state index contributed by atoms with van der Waals surface area (Å²) >= 11 is 0. The molecule has 1 fully saturated rings. The van der Waals surface area contributed by atoms with Gasteiger partial charge in [0.2, 0.25) is 0 Å². The maximum atomic E-state index is 12.2. The van der Waals surface area contributed by atoms with Crippen LogP contribution in [0.2, 0.25) is 0 Å². The van der Waals surface area contributed by atoms with Crippen molar-refractivity contribution in [3.05, 3.63) is 47.4 Å². The standard InChI is InChI=1S/C18H25BN2O4/c22-18(25-14-15-4-2-1-3-5-15)21-12-8-17(9-13-21)20-10-6-16(7-11-20)19(23)24/h1-6,17,23-24H,7-14H2. The van der Waals surface area contributed by atoms with Gasteiger partial charge in [-0.15, -0.1) is 0 Å². The number of ether oxygens (including phenoxy) is 1. The molecule has 134 valence electrons. The Bertz CT molecular complexity index is 600. The van der Waals surface area contributed by atoms with Crippen LogP contribution in [0.5, 0.6) is 0 Å². The number of carbonyl (C=O) groups excluding carboxylic acids is 1. The van der Waals surface area contributed by atoms with Crippen molar-refractivity contribution in [2.45, 2.75) is 31.9 Å². The monoisotopic (exact) mass is 344 g/mol. The maximum Gasteiger partial charge on any atom is 0.483 e. The number of nitrogens with zero attached hydrogens (tertiary/aromatic N) is 2. The zero-order valence-electron chi connectivity index (χ0n) is 14.4. The molecular formula is C18H25BN2O4. The SMILES string of the molecule is O=C(OCc1ccccc1)N1CCC(N2CC=C(B(O)O)CC2)CC1. The molecule has 0 radical (unpaired) electrons. The van der Waals surface area contributed by atoms with Crippen LogP contribution < -0.4 is 0 Å².